The summed E-state index contributed by atoms with van der Waals surface area (Å²) in [5.74, 6) is 0.0220. The van der Waals surface area contributed by atoms with Gasteiger partial charge in [-0.2, -0.15) is 0 Å². The van der Waals surface area contributed by atoms with Gasteiger partial charge >= 0.3 is 0 Å². The number of halogens is 1. The number of aryl methyl sites for hydroxylation is 1. The second kappa shape index (κ2) is 6.90. The molecule has 0 spiro atoms. The molecule has 116 valence electrons. The highest BCUT2D eigenvalue weighted by Crippen LogP contribution is 2.35. The van der Waals surface area contributed by atoms with Crippen molar-refractivity contribution in [2.45, 2.75) is 25.4 Å². The topological polar surface area (TPSA) is 59.2 Å². The smallest absolute Gasteiger partial charge is 0.254 e. The molecule has 3 rings (SSSR count). The maximum atomic E-state index is 12.7. The van der Waals surface area contributed by atoms with Gasteiger partial charge in [0.2, 0.25) is 0 Å². The van der Waals surface area contributed by atoms with Crippen molar-refractivity contribution in [1.29, 1.82) is 0 Å². The van der Waals surface area contributed by atoms with E-state index in [1.165, 1.54) is 11.1 Å². The molecule has 0 bridgehead atoms. The monoisotopic (exact) mass is 317 g/mol. The van der Waals surface area contributed by atoms with Crippen molar-refractivity contribution in [1.82, 2.24) is 9.88 Å². The van der Waals surface area contributed by atoms with Gasteiger partial charge in [-0.15, -0.1) is 12.4 Å². The normalized spacial score (nSPS) is 15.8. The Morgan fingerprint density at radius 3 is 2.91 bits per heavy atom. The van der Waals surface area contributed by atoms with Crippen molar-refractivity contribution in [2.75, 3.05) is 7.05 Å². The van der Waals surface area contributed by atoms with Crippen LogP contribution in [0.3, 0.4) is 0 Å². The van der Waals surface area contributed by atoms with E-state index in [4.69, 9.17) is 5.73 Å². The van der Waals surface area contributed by atoms with E-state index in [2.05, 4.69) is 23.2 Å². The van der Waals surface area contributed by atoms with Gasteiger partial charge in [0.1, 0.15) is 0 Å². The molecule has 0 saturated carbocycles. The van der Waals surface area contributed by atoms with Crippen LogP contribution in [0.2, 0.25) is 0 Å². The van der Waals surface area contributed by atoms with Crippen LogP contribution in [-0.4, -0.2) is 22.8 Å². The van der Waals surface area contributed by atoms with Crippen molar-refractivity contribution >= 4 is 18.3 Å². The average Bonchev–Trinajstić information content (AvgIpc) is 2.97. The van der Waals surface area contributed by atoms with Gasteiger partial charge in [-0.1, -0.05) is 24.3 Å². The summed E-state index contributed by atoms with van der Waals surface area (Å²) in [5, 5.41) is 0. The third-order valence-corrected chi connectivity index (χ3v) is 4.16. The van der Waals surface area contributed by atoms with E-state index < -0.39 is 0 Å². The number of rotatable bonds is 3. The Hall–Kier alpha value is -1.91. The standard InChI is InChI=1S/C17H19N3O.ClH/c1-20(16-7-6-12-4-2-3-5-15(12)16)17(21)13-8-9-19-14(10-13)11-18;/h2-5,8-10,16H,6-7,11,18H2,1H3;1H. The van der Waals surface area contributed by atoms with Crippen LogP contribution in [0.15, 0.2) is 42.6 Å². The van der Waals surface area contributed by atoms with Gasteiger partial charge in [0.15, 0.2) is 0 Å². The van der Waals surface area contributed by atoms with E-state index in [0.29, 0.717) is 12.1 Å². The molecule has 0 aliphatic heterocycles. The van der Waals surface area contributed by atoms with Crippen LogP contribution in [-0.2, 0) is 13.0 Å². The van der Waals surface area contributed by atoms with E-state index in [0.717, 1.165) is 18.5 Å². The molecule has 1 aliphatic rings. The fraction of sp³-hybridized carbons (Fsp3) is 0.294. The molecule has 4 nitrogen and oxygen atoms in total. The fourth-order valence-electron chi connectivity index (χ4n) is 3.00. The van der Waals surface area contributed by atoms with Crippen LogP contribution in [0, 0.1) is 0 Å². The van der Waals surface area contributed by atoms with E-state index >= 15 is 0 Å². The minimum Gasteiger partial charge on any atom is -0.335 e. The predicted octanol–water partition coefficient (Wildman–Crippen LogP) is 2.72. The molecular formula is C17H20ClN3O. The minimum absolute atomic E-state index is 0. The highest BCUT2D eigenvalue weighted by Gasteiger charge is 2.28. The molecule has 1 unspecified atom stereocenters. The number of aromatic nitrogens is 1. The van der Waals surface area contributed by atoms with Gasteiger partial charge < -0.3 is 10.6 Å². The number of fused-ring (bicyclic) bond motifs is 1. The fourth-order valence-corrected chi connectivity index (χ4v) is 3.00. The van der Waals surface area contributed by atoms with Gasteiger partial charge in [-0.25, -0.2) is 0 Å². The van der Waals surface area contributed by atoms with Crippen molar-refractivity contribution < 1.29 is 4.79 Å². The number of nitrogens with zero attached hydrogens (tertiary/aromatic N) is 2. The lowest BCUT2D eigenvalue weighted by Crippen LogP contribution is -2.30. The molecule has 1 aromatic heterocycles. The summed E-state index contributed by atoms with van der Waals surface area (Å²) in [4.78, 5) is 18.6. The van der Waals surface area contributed by atoms with Crippen LogP contribution >= 0.6 is 12.4 Å². The Labute approximate surface area is 136 Å². The molecule has 1 heterocycles. The SMILES string of the molecule is CN(C(=O)c1ccnc(CN)c1)C1CCc2ccccc21.Cl. The first-order valence-electron chi connectivity index (χ1n) is 7.20. The maximum Gasteiger partial charge on any atom is 0.254 e. The number of hydrogen-bond donors (Lipinski definition) is 1. The van der Waals surface area contributed by atoms with Gasteiger partial charge in [0, 0.05) is 25.4 Å². The summed E-state index contributed by atoms with van der Waals surface area (Å²) in [7, 11) is 1.87. The third kappa shape index (κ3) is 2.98. The number of carbonyl (C=O) groups is 1. The van der Waals surface area contributed by atoms with E-state index in [9.17, 15) is 4.79 Å². The number of nitrogens with two attached hydrogens (primary N) is 1. The first-order chi connectivity index (χ1) is 10.2. The van der Waals surface area contributed by atoms with Crippen LogP contribution in [0.4, 0.5) is 0 Å². The molecule has 0 fully saturated rings. The molecule has 1 amide bonds. The van der Waals surface area contributed by atoms with E-state index in [1.807, 2.05) is 18.0 Å². The Balaban J connectivity index is 0.00000176. The quantitative estimate of drug-likeness (QED) is 0.947. The molecule has 22 heavy (non-hydrogen) atoms. The van der Waals surface area contributed by atoms with Gasteiger partial charge in [-0.3, -0.25) is 9.78 Å². The Morgan fingerprint density at radius 1 is 1.36 bits per heavy atom. The van der Waals surface area contributed by atoms with Crippen LogP contribution in [0.1, 0.15) is 39.6 Å². The summed E-state index contributed by atoms with van der Waals surface area (Å²) in [6.07, 6.45) is 3.66. The summed E-state index contributed by atoms with van der Waals surface area (Å²) in [5.41, 5.74) is 9.59. The number of amides is 1. The van der Waals surface area contributed by atoms with Crippen LogP contribution in [0.5, 0.6) is 0 Å². The number of benzene rings is 1. The third-order valence-electron chi connectivity index (χ3n) is 4.16. The number of carbonyl (C=O) groups excluding carboxylic acids is 1. The van der Waals surface area contributed by atoms with Gasteiger partial charge in [-0.05, 0) is 36.1 Å². The Bertz CT molecular complexity index is 674. The van der Waals surface area contributed by atoms with Crippen LogP contribution < -0.4 is 5.73 Å². The van der Waals surface area contributed by atoms with Crippen molar-refractivity contribution in [3.8, 4) is 0 Å². The molecule has 2 N–H and O–H groups in total. The zero-order valence-corrected chi connectivity index (χ0v) is 13.3. The summed E-state index contributed by atoms with van der Waals surface area (Å²) >= 11 is 0. The van der Waals surface area contributed by atoms with Crippen molar-refractivity contribution in [3.63, 3.8) is 0 Å². The van der Waals surface area contributed by atoms with E-state index in [-0.39, 0.29) is 24.4 Å². The molecule has 0 radical (unpaired) electrons. The average molecular weight is 318 g/mol. The second-order valence-corrected chi connectivity index (χ2v) is 5.41. The maximum absolute atomic E-state index is 12.7. The largest absolute Gasteiger partial charge is 0.335 e. The van der Waals surface area contributed by atoms with E-state index in [1.54, 1.807) is 18.3 Å². The molecule has 1 aromatic carbocycles. The lowest BCUT2D eigenvalue weighted by atomic mass is 10.1. The highest BCUT2D eigenvalue weighted by atomic mass is 35.5. The molecule has 2 aromatic rings. The zero-order valence-electron chi connectivity index (χ0n) is 12.5. The minimum atomic E-state index is 0. The van der Waals surface area contributed by atoms with Crippen molar-refractivity contribution in [3.05, 3.63) is 65.0 Å². The molecule has 5 heteroatoms. The molecule has 0 saturated heterocycles. The lowest BCUT2D eigenvalue weighted by Gasteiger charge is -2.25. The Kier molecular flexibility index (Phi) is 5.16. The number of pyridine rings is 1. The zero-order chi connectivity index (χ0) is 14.8. The first kappa shape index (κ1) is 16.5. The highest BCUT2D eigenvalue weighted by molar-refractivity contribution is 5.94. The molecule has 1 aliphatic carbocycles. The summed E-state index contributed by atoms with van der Waals surface area (Å²) in [6.45, 7) is 0.344. The molecular weight excluding hydrogens is 298 g/mol. The summed E-state index contributed by atoms with van der Waals surface area (Å²) < 4.78 is 0. The Morgan fingerprint density at radius 2 is 2.14 bits per heavy atom. The van der Waals surface area contributed by atoms with Crippen LogP contribution in [0.25, 0.3) is 0 Å². The first-order valence-corrected chi connectivity index (χ1v) is 7.20. The van der Waals surface area contributed by atoms with Gasteiger partial charge in [0.05, 0.1) is 11.7 Å². The summed E-state index contributed by atoms with van der Waals surface area (Å²) in [6, 6.07) is 12.0. The lowest BCUT2D eigenvalue weighted by molar-refractivity contribution is 0.0730. The van der Waals surface area contributed by atoms with Crippen molar-refractivity contribution in [2.24, 2.45) is 5.73 Å². The van der Waals surface area contributed by atoms with Gasteiger partial charge in [0.25, 0.3) is 5.91 Å². The second-order valence-electron chi connectivity index (χ2n) is 5.41. The predicted molar refractivity (Wildman–Crippen MR) is 89.0 cm³/mol. The number of hydrogen-bond acceptors (Lipinski definition) is 3. The molecule has 1 atom stereocenters.